The van der Waals surface area contributed by atoms with Crippen LogP contribution in [0, 0.1) is 17.5 Å². The summed E-state index contributed by atoms with van der Waals surface area (Å²) in [5, 5.41) is 2.63. The summed E-state index contributed by atoms with van der Waals surface area (Å²) in [5.41, 5.74) is 0.857. The first-order valence-electron chi connectivity index (χ1n) is 6.18. The van der Waals surface area contributed by atoms with E-state index in [0.717, 1.165) is 12.1 Å². The smallest absolute Gasteiger partial charge is 0.142 e. The minimum absolute atomic E-state index is 0.00916. The van der Waals surface area contributed by atoms with Crippen LogP contribution in [0.3, 0.4) is 0 Å². The van der Waals surface area contributed by atoms with Crippen molar-refractivity contribution in [2.75, 3.05) is 7.05 Å². The lowest BCUT2D eigenvalue weighted by atomic mass is 9.98. The molecule has 1 nitrogen and oxygen atoms in total. The van der Waals surface area contributed by atoms with Gasteiger partial charge in [0, 0.05) is 11.6 Å². The molecular weight excluding hydrogens is 322 g/mol. The highest BCUT2D eigenvalue weighted by molar-refractivity contribution is 6.31. The van der Waals surface area contributed by atoms with E-state index in [9.17, 15) is 13.2 Å². The van der Waals surface area contributed by atoms with Gasteiger partial charge in [0.2, 0.25) is 0 Å². The van der Waals surface area contributed by atoms with E-state index in [1.54, 1.807) is 13.1 Å². The molecule has 2 aromatic rings. The van der Waals surface area contributed by atoms with E-state index < -0.39 is 23.5 Å². The lowest BCUT2D eigenvalue weighted by molar-refractivity contribution is 0.522. The molecule has 0 saturated heterocycles. The summed E-state index contributed by atoms with van der Waals surface area (Å²) in [5.74, 6) is -1.82. The van der Waals surface area contributed by atoms with E-state index in [-0.39, 0.29) is 15.6 Å². The van der Waals surface area contributed by atoms with Crippen LogP contribution >= 0.6 is 23.2 Å². The Bertz CT molecular complexity index is 662. The summed E-state index contributed by atoms with van der Waals surface area (Å²) in [7, 11) is 1.63. The van der Waals surface area contributed by atoms with Gasteiger partial charge in [0.25, 0.3) is 0 Å². The van der Waals surface area contributed by atoms with E-state index in [4.69, 9.17) is 23.2 Å². The first-order chi connectivity index (χ1) is 9.92. The highest BCUT2D eigenvalue weighted by Gasteiger charge is 2.18. The van der Waals surface area contributed by atoms with Crippen LogP contribution in [0.1, 0.15) is 17.2 Å². The maximum atomic E-state index is 13.9. The number of rotatable bonds is 4. The van der Waals surface area contributed by atoms with Crippen LogP contribution in [-0.4, -0.2) is 7.05 Å². The average Bonchev–Trinajstić information content (AvgIpc) is 2.44. The lowest BCUT2D eigenvalue weighted by Gasteiger charge is -2.18. The monoisotopic (exact) mass is 333 g/mol. The van der Waals surface area contributed by atoms with Gasteiger partial charge in [0.1, 0.15) is 17.5 Å². The number of nitrogens with one attached hydrogen (secondary N) is 1. The molecule has 1 atom stereocenters. The molecule has 1 unspecified atom stereocenters. The van der Waals surface area contributed by atoms with Crippen molar-refractivity contribution in [3.8, 4) is 0 Å². The molecule has 0 bridgehead atoms. The van der Waals surface area contributed by atoms with Crippen molar-refractivity contribution in [2.45, 2.75) is 12.5 Å². The average molecular weight is 334 g/mol. The fourth-order valence-electron chi connectivity index (χ4n) is 2.07. The first kappa shape index (κ1) is 16.1. The fourth-order valence-corrected chi connectivity index (χ4v) is 2.43. The van der Waals surface area contributed by atoms with Crippen LogP contribution in [0.4, 0.5) is 13.2 Å². The molecule has 2 rings (SSSR count). The van der Waals surface area contributed by atoms with Crippen molar-refractivity contribution in [3.63, 3.8) is 0 Å². The second kappa shape index (κ2) is 6.69. The largest absolute Gasteiger partial charge is 0.313 e. The molecule has 0 aliphatic heterocycles. The van der Waals surface area contributed by atoms with E-state index >= 15 is 0 Å². The molecule has 21 heavy (non-hydrogen) atoms. The Morgan fingerprint density at radius 3 is 2.24 bits per heavy atom. The molecule has 6 heteroatoms. The third-order valence-electron chi connectivity index (χ3n) is 3.19. The van der Waals surface area contributed by atoms with Gasteiger partial charge < -0.3 is 5.32 Å². The first-order valence-corrected chi connectivity index (χ1v) is 6.93. The Kier molecular flexibility index (Phi) is 5.14. The van der Waals surface area contributed by atoms with Gasteiger partial charge in [-0.1, -0.05) is 29.3 Å². The van der Waals surface area contributed by atoms with Gasteiger partial charge >= 0.3 is 0 Å². The molecule has 0 radical (unpaired) electrons. The van der Waals surface area contributed by atoms with Gasteiger partial charge in [-0.2, -0.15) is 0 Å². The summed E-state index contributed by atoms with van der Waals surface area (Å²) < 4.78 is 40.6. The van der Waals surface area contributed by atoms with Gasteiger partial charge in [-0.05, 0) is 43.3 Å². The molecule has 0 aromatic heterocycles. The van der Waals surface area contributed by atoms with Crippen LogP contribution in [0.25, 0.3) is 0 Å². The number of likely N-dealkylation sites (N-methyl/N-ethyl adjacent to an activating group) is 1. The number of halogens is 5. The van der Waals surface area contributed by atoms with Crippen LogP contribution < -0.4 is 5.32 Å². The molecule has 0 fully saturated rings. The minimum Gasteiger partial charge on any atom is -0.313 e. The summed E-state index contributed by atoms with van der Waals surface area (Å²) in [6, 6.07) is 5.76. The molecular formula is C15H12Cl2F3N. The molecule has 0 amide bonds. The summed E-state index contributed by atoms with van der Waals surface area (Å²) in [6.07, 6.45) is 0.328. The van der Waals surface area contributed by atoms with Crippen molar-refractivity contribution < 1.29 is 13.2 Å². The zero-order valence-electron chi connectivity index (χ0n) is 11.1. The SMILES string of the molecule is CNC(Cc1ccc(F)c(Cl)c1)c1cc(F)c(Cl)cc1F. The molecule has 0 spiro atoms. The highest BCUT2D eigenvalue weighted by Crippen LogP contribution is 2.27. The van der Waals surface area contributed by atoms with Crippen molar-refractivity contribution in [1.82, 2.24) is 5.32 Å². The number of benzene rings is 2. The topological polar surface area (TPSA) is 12.0 Å². The van der Waals surface area contributed by atoms with Crippen LogP contribution in [-0.2, 0) is 6.42 Å². The molecule has 1 N–H and O–H groups in total. The van der Waals surface area contributed by atoms with Gasteiger partial charge in [-0.3, -0.25) is 0 Å². The summed E-state index contributed by atoms with van der Waals surface area (Å²) >= 11 is 11.3. The van der Waals surface area contributed by atoms with Gasteiger partial charge in [-0.25, -0.2) is 13.2 Å². The Balaban J connectivity index is 2.31. The van der Waals surface area contributed by atoms with Crippen LogP contribution in [0.15, 0.2) is 30.3 Å². The standard InChI is InChI=1S/C15H12Cl2F3N/c1-21-15(5-8-2-3-12(18)10(16)4-8)9-6-14(20)11(17)7-13(9)19/h2-4,6-7,15,21H,5H2,1H3. The Morgan fingerprint density at radius 1 is 0.952 bits per heavy atom. The normalized spacial score (nSPS) is 12.5. The summed E-state index contributed by atoms with van der Waals surface area (Å²) in [6.45, 7) is 0. The van der Waals surface area contributed by atoms with Crippen molar-refractivity contribution in [3.05, 3.63) is 69.0 Å². The van der Waals surface area contributed by atoms with Crippen molar-refractivity contribution >= 4 is 23.2 Å². The van der Waals surface area contributed by atoms with Crippen LogP contribution in [0.5, 0.6) is 0 Å². The zero-order chi connectivity index (χ0) is 15.6. The van der Waals surface area contributed by atoms with E-state index in [2.05, 4.69) is 5.32 Å². The second-order valence-electron chi connectivity index (χ2n) is 4.58. The predicted octanol–water partition coefficient (Wildman–Crippen LogP) is 4.91. The Morgan fingerprint density at radius 2 is 1.62 bits per heavy atom. The molecule has 0 heterocycles. The third-order valence-corrected chi connectivity index (χ3v) is 3.77. The van der Waals surface area contributed by atoms with Crippen molar-refractivity contribution in [2.24, 2.45) is 0 Å². The van der Waals surface area contributed by atoms with Crippen LogP contribution in [0.2, 0.25) is 10.0 Å². The maximum absolute atomic E-state index is 13.9. The van der Waals surface area contributed by atoms with Gasteiger partial charge in [0.15, 0.2) is 0 Å². The zero-order valence-corrected chi connectivity index (χ0v) is 12.6. The molecule has 0 aliphatic rings. The minimum atomic E-state index is -0.689. The Hall–Kier alpha value is -1.23. The van der Waals surface area contributed by atoms with E-state index in [0.29, 0.717) is 12.0 Å². The molecule has 2 aromatic carbocycles. The fraction of sp³-hybridized carbons (Fsp3) is 0.200. The van der Waals surface area contributed by atoms with Gasteiger partial charge in [0.05, 0.1) is 10.0 Å². The predicted molar refractivity (Wildman–Crippen MR) is 78.3 cm³/mol. The highest BCUT2D eigenvalue weighted by atomic mass is 35.5. The van der Waals surface area contributed by atoms with Crippen molar-refractivity contribution in [1.29, 1.82) is 0 Å². The third kappa shape index (κ3) is 3.70. The summed E-state index contributed by atoms with van der Waals surface area (Å²) in [4.78, 5) is 0. The van der Waals surface area contributed by atoms with Gasteiger partial charge in [-0.15, -0.1) is 0 Å². The molecule has 112 valence electrons. The number of hydrogen-bond acceptors (Lipinski definition) is 1. The maximum Gasteiger partial charge on any atom is 0.142 e. The quantitative estimate of drug-likeness (QED) is 0.783. The van der Waals surface area contributed by atoms with E-state index in [1.807, 2.05) is 0 Å². The number of hydrogen-bond donors (Lipinski definition) is 1. The lowest BCUT2D eigenvalue weighted by Crippen LogP contribution is -2.20. The second-order valence-corrected chi connectivity index (χ2v) is 5.40. The molecule has 0 saturated carbocycles. The Labute approximate surface area is 130 Å². The molecule has 0 aliphatic carbocycles. The van der Waals surface area contributed by atoms with E-state index in [1.165, 1.54) is 12.1 Å².